The Morgan fingerprint density at radius 1 is 1.44 bits per heavy atom. The number of carbonyl (C=O) groups is 2. The van der Waals surface area contributed by atoms with Crippen molar-refractivity contribution in [3.63, 3.8) is 0 Å². The molecule has 3 aliphatic rings. The first-order valence-electron chi connectivity index (χ1n) is 6.11. The molecule has 4 nitrogen and oxygen atoms in total. The van der Waals surface area contributed by atoms with Gasteiger partial charge in [0.25, 0.3) is 5.91 Å². The van der Waals surface area contributed by atoms with Gasteiger partial charge in [0.1, 0.15) is 0 Å². The molecule has 0 radical (unpaired) electrons. The summed E-state index contributed by atoms with van der Waals surface area (Å²) in [5, 5.41) is 11.2. The van der Waals surface area contributed by atoms with Crippen LogP contribution >= 0.6 is 0 Å². The number of carboxylic acids is 1. The van der Waals surface area contributed by atoms with Crippen LogP contribution in [0.4, 0.5) is 0 Å². The van der Waals surface area contributed by atoms with E-state index in [4.69, 9.17) is 0 Å². The maximum atomic E-state index is 11.9. The van der Waals surface area contributed by atoms with Gasteiger partial charge in [0.2, 0.25) is 0 Å². The SMILES string of the molecule is C/C=C1/C(=O)N2C(C(=O)[O-])=C3CCCCC3[C@@H]12.[Na+]. The number of hydrogen-bond donors (Lipinski definition) is 0. The number of amides is 1. The summed E-state index contributed by atoms with van der Waals surface area (Å²) in [7, 11) is 0. The van der Waals surface area contributed by atoms with Crippen molar-refractivity contribution < 1.29 is 44.3 Å². The van der Waals surface area contributed by atoms with Crippen molar-refractivity contribution in [3.8, 4) is 0 Å². The van der Waals surface area contributed by atoms with Gasteiger partial charge in [-0.15, -0.1) is 0 Å². The number of β-lactam (4-membered cyclic amide) rings is 1. The second-order valence-electron chi connectivity index (χ2n) is 4.88. The number of fused-ring (bicyclic) bond motifs is 3. The van der Waals surface area contributed by atoms with E-state index in [1.165, 1.54) is 4.90 Å². The number of rotatable bonds is 1. The van der Waals surface area contributed by atoms with E-state index in [1.807, 2.05) is 13.0 Å². The van der Waals surface area contributed by atoms with E-state index in [2.05, 4.69) is 0 Å². The van der Waals surface area contributed by atoms with Crippen LogP contribution in [-0.4, -0.2) is 22.8 Å². The molecule has 0 N–H and O–H groups in total. The first kappa shape index (κ1) is 13.8. The molecule has 1 unspecified atom stereocenters. The van der Waals surface area contributed by atoms with Crippen molar-refractivity contribution in [1.82, 2.24) is 4.90 Å². The Morgan fingerprint density at radius 3 is 2.78 bits per heavy atom. The molecule has 2 heterocycles. The van der Waals surface area contributed by atoms with E-state index in [1.54, 1.807) is 0 Å². The molecule has 2 fully saturated rings. The normalized spacial score (nSPS) is 31.7. The Bertz CT molecular complexity index is 481. The van der Waals surface area contributed by atoms with Gasteiger partial charge in [0.15, 0.2) is 0 Å². The van der Waals surface area contributed by atoms with Crippen LogP contribution in [-0.2, 0) is 9.59 Å². The molecule has 0 spiro atoms. The maximum absolute atomic E-state index is 11.9. The molecule has 1 aliphatic carbocycles. The zero-order chi connectivity index (χ0) is 12.2. The standard InChI is InChI=1S/C13H15NO3.Na/c1-2-7-10-8-5-3-4-6-9(8)11(13(16)17)14(10)12(7)15;/h2,8,10H,3-6H2,1H3,(H,16,17);/q;+1/p-1/b7-2+;/t8?,10-;/m1./s1. The van der Waals surface area contributed by atoms with Gasteiger partial charge in [-0.1, -0.05) is 12.5 Å². The zero-order valence-corrected chi connectivity index (χ0v) is 12.7. The molecule has 0 aromatic carbocycles. The molecular weight excluding hydrogens is 241 g/mol. The fourth-order valence-corrected chi connectivity index (χ4v) is 3.46. The van der Waals surface area contributed by atoms with Crippen LogP contribution in [0.25, 0.3) is 0 Å². The summed E-state index contributed by atoms with van der Waals surface area (Å²) in [6.07, 6.45) is 5.73. The predicted molar refractivity (Wildman–Crippen MR) is 58.4 cm³/mol. The smallest absolute Gasteiger partial charge is 0.543 e. The van der Waals surface area contributed by atoms with Crippen LogP contribution in [0.15, 0.2) is 22.9 Å². The quantitative estimate of drug-likeness (QED) is 0.292. The van der Waals surface area contributed by atoms with Crippen LogP contribution in [0.2, 0.25) is 0 Å². The van der Waals surface area contributed by atoms with Crippen molar-refractivity contribution in [1.29, 1.82) is 0 Å². The molecule has 90 valence electrons. The molecule has 2 atom stereocenters. The Hall–Kier alpha value is -0.580. The van der Waals surface area contributed by atoms with Crippen molar-refractivity contribution in [2.45, 2.75) is 38.6 Å². The Labute approximate surface area is 128 Å². The summed E-state index contributed by atoms with van der Waals surface area (Å²) in [6, 6.07) is -0.0179. The molecule has 0 bridgehead atoms. The van der Waals surface area contributed by atoms with Crippen molar-refractivity contribution >= 4 is 11.9 Å². The van der Waals surface area contributed by atoms with Gasteiger partial charge in [0, 0.05) is 11.5 Å². The minimum absolute atomic E-state index is 0. The summed E-state index contributed by atoms with van der Waals surface area (Å²) < 4.78 is 0. The third-order valence-electron chi connectivity index (χ3n) is 4.15. The van der Waals surface area contributed by atoms with Crippen LogP contribution in [0.3, 0.4) is 0 Å². The predicted octanol–water partition coefficient (Wildman–Crippen LogP) is -2.64. The van der Waals surface area contributed by atoms with Crippen LogP contribution in [0, 0.1) is 5.92 Å². The molecule has 5 heteroatoms. The van der Waals surface area contributed by atoms with Crippen molar-refractivity contribution in [3.05, 3.63) is 22.9 Å². The monoisotopic (exact) mass is 255 g/mol. The molecule has 0 aromatic rings. The zero-order valence-electron chi connectivity index (χ0n) is 10.7. The van der Waals surface area contributed by atoms with Gasteiger partial charge in [-0.05, 0) is 31.8 Å². The molecule has 3 rings (SSSR count). The summed E-state index contributed by atoms with van der Waals surface area (Å²) >= 11 is 0. The summed E-state index contributed by atoms with van der Waals surface area (Å²) in [5.74, 6) is -1.13. The second-order valence-corrected chi connectivity index (χ2v) is 4.88. The molecule has 2 aliphatic heterocycles. The first-order chi connectivity index (χ1) is 8.16. The fourth-order valence-electron chi connectivity index (χ4n) is 3.46. The van der Waals surface area contributed by atoms with Crippen molar-refractivity contribution in [2.75, 3.05) is 0 Å². The third kappa shape index (κ3) is 1.63. The van der Waals surface area contributed by atoms with Crippen molar-refractivity contribution in [2.24, 2.45) is 5.92 Å². The van der Waals surface area contributed by atoms with E-state index in [-0.39, 0.29) is 53.1 Å². The number of carboxylic acid groups (broad SMARTS) is 1. The Balaban J connectivity index is 0.00000120. The largest absolute Gasteiger partial charge is 1.00 e. The summed E-state index contributed by atoms with van der Waals surface area (Å²) in [4.78, 5) is 24.5. The van der Waals surface area contributed by atoms with Crippen LogP contribution < -0.4 is 34.7 Å². The van der Waals surface area contributed by atoms with Gasteiger partial charge in [-0.2, -0.15) is 0 Å². The summed E-state index contributed by atoms with van der Waals surface area (Å²) in [6.45, 7) is 1.84. The number of hydrogen-bond acceptors (Lipinski definition) is 3. The topological polar surface area (TPSA) is 60.4 Å². The van der Waals surface area contributed by atoms with Gasteiger partial charge < -0.3 is 9.90 Å². The maximum Gasteiger partial charge on any atom is 1.00 e. The average Bonchev–Trinajstić information content (AvgIpc) is 2.61. The summed E-state index contributed by atoms with van der Waals surface area (Å²) in [5.41, 5.74) is 1.87. The molecular formula is C13H14NNaO3. The van der Waals surface area contributed by atoms with Crippen LogP contribution in [0.5, 0.6) is 0 Å². The third-order valence-corrected chi connectivity index (χ3v) is 4.15. The molecule has 1 saturated carbocycles. The second kappa shape index (κ2) is 4.83. The van der Waals surface area contributed by atoms with Gasteiger partial charge in [0.05, 0.1) is 17.7 Å². The number of carbonyl (C=O) groups excluding carboxylic acids is 2. The van der Waals surface area contributed by atoms with E-state index in [9.17, 15) is 14.7 Å². The van der Waals surface area contributed by atoms with Gasteiger partial charge in [-0.25, -0.2) is 0 Å². The first-order valence-corrected chi connectivity index (χ1v) is 6.11. The molecule has 18 heavy (non-hydrogen) atoms. The minimum Gasteiger partial charge on any atom is -0.543 e. The Morgan fingerprint density at radius 2 is 2.17 bits per heavy atom. The number of nitrogens with zero attached hydrogens (tertiary/aromatic N) is 1. The number of aliphatic carboxylic acids is 1. The van der Waals surface area contributed by atoms with E-state index in [0.717, 1.165) is 36.8 Å². The van der Waals surface area contributed by atoms with Gasteiger partial charge >= 0.3 is 29.6 Å². The minimum atomic E-state index is -1.20. The van der Waals surface area contributed by atoms with Crippen LogP contribution in [0.1, 0.15) is 32.6 Å². The van der Waals surface area contributed by atoms with E-state index in [0.29, 0.717) is 0 Å². The Kier molecular flexibility index (Phi) is 3.72. The molecule has 1 amide bonds. The van der Waals surface area contributed by atoms with E-state index >= 15 is 0 Å². The fraction of sp³-hybridized carbons (Fsp3) is 0.538. The molecule has 1 saturated heterocycles. The van der Waals surface area contributed by atoms with Gasteiger partial charge in [-0.3, -0.25) is 9.69 Å². The average molecular weight is 255 g/mol. The van der Waals surface area contributed by atoms with E-state index < -0.39 is 5.97 Å². The molecule has 0 aromatic heterocycles. The number of allylic oxidation sites excluding steroid dienone is 1.